The lowest BCUT2D eigenvalue weighted by molar-refractivity contribution is -0.133. The molecule has 1 fully saturated rings. The minimum atomic E-state index is -0.914. The normalized spacial score (nSPS) is 13.8. The van der Waals surface area contributed by atoms with Crippen LogP contribution in [-0.2, 0) is 16.1 Å². The second kappa shape index (κ2) is 11.4. The topological polar surface area (TPSA) is 106 Å². The quantitative estimate of drug-likeness (QED) is 0.356. The van der Waals surface area contributed by atoms with E-state index in [-0.39, 0.29) is 36.1 Å². The van der Waals surface area contributed by atoms with Gasteiger partial charge in [0.1, 0.15) is 17.9 Å². The summed E-state index contributed by atoms with van der Waals surface area (Å²) in [6, 6.07) is 19.0. The van der Waals surface area contributed by atoms with Crippen LogP contribution in [0.3, 0.4) is 0 Å². The highest BCUT2D eigenvalue weighted by Gasteiger charge is 2.25. The first-order valence-corrected chi connectivity index (χ1v) is 12.9. The van der Waals surface area contributed by atoms with Gasteiger partial charge in [-0.3, -0.25) is 9.59 Å². The number of halogens is 1. The first kappa shape index (κ1) is 26.0. The molecule has 2 heterocycles. The van der Waals surface area contributed by atoms with Crippen LogP contribution in [0.2, 0.25) is 0 Å². The molecule has 0 radical (unpaired) electrons. The van der Waals surface area contributed by atoms with Crippen LogP contribution >= 0.6 is 0 Å². The maximum absolute atomic E-state index is 14.8. The number of ether oxygens (including phenoxy) is 1. The van der Waals surface area contributed by atoms with E-state index in [4.69, 9.17) is 4.74 Å². The number of esters is 1. The van der Waals surface area contributed by atoms with Crippen LogP contribution in [0.5, 0.6) is 0 Å². The molecule has 0 bridgehead atoms. The molecular formula is C29H28FN5O4. The molecule has 0 unspecified atom stereocenters. The summed E-state index contributed by atoms with van der Waals surface area (Å²) in [5.41, 5.74) is 2.71. The number of piperidine rings is 1. The fraction of sp³-hybridized carbons (Fsp3) is 0.276. The molecule has 3 aromatic carbocycles. The summed E-state index contributed by atoms with van der Waals surface area (Å²) in [6.45, 7) is 3.18. The molecule has 5 rings (SSSR count). The van der Waals surface area contributed by atoms with E-state index in [1.165, 1.54) is 18.2 Å². The third-order valence-corrected chi connectivity index (χ3v) is 6.93. The largest absolute Gasteiger partial charge is 0.462 e. The third-order valence-electron chi connectivity index (χ3n) is 6.93. The van der Waals surface area contributed by atoms with Crippen LogP contribution in [0.15, 0.2) is 66.7 Å². The van der Waals surface area contributed by atoms with Crippen LogP contribution in [0.25, 0.3) is 11.0 Å². The van der Waals surface area contributed by atoms with Gasteiger partial charge in [-0.25, -0.2) is 13.9 Å². The van der Waals surface area contributed by atoms with Crippen molar-refractivity contribution in [1.29, 1.82) is 0 Å². The van der Waals surface area contributed by atoms with Crippen molar-refractivity contribution in [2.75, 3.05) is 25.0 Å². The van der Waals surface area contributed by atoms with Gasteiger partial charge in [0, 0.05) is 18.8 Å². The number of hydrogen-bond acceptors (Lipinski definition) is 6. The lowest BCUT2D eigenvalue weighted by Gasteiger charge is -2.32. The number of nitrogens with zero attached hydrogens (tertiary/aromatic N) is 4. The van der Waals surface area contributed by atoms with Crippen LogP contribution in [0.4, 0.5) is 10.1 Å². The number of para-hydroxylation sites is 1. The summed E-state index contributed by atoms with van der Waals surface area (Å²) in [5, 5.41) is 10.9. The molecule has 2 amide bonds. The highest BCUT2D eigenvalue weighted by atomic mass is 19.1. The van der Waals surface area contributed by atoms with E-state index < -0.39 is 17.7 Å². The number of nitrogens with one attached hydrogen (secondary N) is 1. The summed E-state index contributed by atoms with van der Waals surface area (Å²) in [7, 11) is 0. The molecule has 1 aliphatic heterocycles. The predicted octanol–water partition coefficient (Wildman–Crippen LogP) is 4.41. The zero-order chi connectivity index (χ0) is 27.4. The Morgan fingerprint density at radius 2 is 1.69 bits per heavy atom. The first-order valence-electron chi connectivity index (χ1n) is 12.9. The molecule has 1 aromatic heterocycles. The number of fused-ring (bicyclic) bond motifs is 1. The number of aromatic nitrogens is 3. The second-order valence-electron chi connectivity index (χ2n) is 9.35. The molecule has 200 valence electrons. The van der Waals surface area contributed by atoms with E-state index in [0.717, 1.165) is 29.4 Å². The summed E-state index contributed by atoms with van der Waals surface area (Å²) in [6.07, 6.45) is 1.64. The number of carbonyl (C=O) groups excluding carboxylic acids is 3. The summed E-state index contributed by atoms with van der Waals surface area (Å²) < 4.78 is 21.3. The average molecular weight is 530 g/mol. The number of likely N-dealkylation sites (tertiary alicyclic amines) is 1. The van der Waals surface area contributed by atoms with E-state index in [2.05, 4.69) is 15.6 Å². The monoisotopic (exact) mass is 529 g/mol. The van der Waals surface area contributed by atoms with Crippen molar-refractivity contribution in [2.24, 2.45) is 0 Å². The zero-order valence-corrected chi connectivity index (χ0v) is 21.5. The number of rotatable bonds is 7. The average Bonchev–Trinajstić information content (AvgIpc) is 3.36. The summed E-state index contributed by atoms with van der Waals surface area (Å²) >= 11 is 0. The van der Waals surface area contributed by atoms with Gasteiger partial charge in [-0.1, -0.05) is 35.5 Å². The highest BCUT2D eigenvalue weighted by Crippen LogP contribution is 2.29. The highest BCUT2D eigenvalue weighted by molar-refractivity contribution is 6.06. The number of anilines is 1. The Hall–Kier alpha value is -4.60. The molecule has 9 nitrogen and oxygen atoms in total. The fourth-order valence-corrected chi connectivity index (χ4v) is 4.84. The van der Waals surface area contributed by atoms with E-state index in [1.807, 2.05) is 41.3 Å². The van der Waals surface area contributed by atoms with Gasteiger partial charge >= 0.3 is 5.97 Å². The Labute approximate surface area is 224 Å². The van der Waals surface area contributed by atoms with Gasteiger partial charge in [0.15, 0.2) is 0 Å². The van der Waals surface area contributed by atoms with Gasteiger partial charge in [0.25, 0.3) is 5.91 Å². The molecular weight excluding hydrogens is 501 g/mol. The molecule has 1 aliphatic rings. The maximum atomic E-state index is 14.8. The van der Waals surface area contributed by atoms with Gasteiger partial charge in [0.05, 0.1) is 23.3 Å². The van der Waals surface area contributed by atoms with Crippen LogP contribution in [0, 0.1) is 5.82 Å². The molecule has 0 saturated carbocycles. The Morgan fingerprint density at radius 1 is 0.974 bits per heavy atom. The Bertz CT molecular complexity index is 1510. The minimum absolute atomic E-state index is 0.0152. The van der Waals surface area contributed by atoms with Gasteiger partial charge in [-0.05, 0) is 67.6 Å². The molecule has 39 heavy (non-hydrogen) atoms. The van der Waals surface area contributed by atoms with E-state index in [0.29, 0.717) is 18.8 Å². The maximum Gasteiger partial charge on any atom is 0.341 e. The van der Waals surface area contributed by atoms with E-state index in [9.17, 15) is 18.8 Å². The lowest BCUT2D eigenvalue weighted by atomic mass is 9.89. The Balaban J connectivity index is 1.16. The van der Waals surface area contributed by atoms with Crippen LogP contribution < -0.4 is 5.32 Å². The smallest absolute Gasteiger partial charge is 0.341 e. The summed E-state index contributed by atoms with van der Waals surface area (Å²) in [5.74, 6) is -2.08. The van der Waals surface area contributed by atoms with Crippen molar-refractivity contribution in [2.45, 2.75) is 32.2 Å². The third kappa shape index (κ3) is 5.64. The number of carbonyl (C=O) groups is 3. The van der Waals surface area contributed by atoms with Crippen molar-refractivity contribution in [1.82, 2.24) is 19.9 Å². The van der Waals surface area contributed by atoms with Crippen LogP contribution in [0.1, 0.15) is 52.0 Å². The van der Waals surface area contributed by atoms with Crippen molar-refractivity contribution >= 4 is 34.5 Å². The standard InChI is InChI=1S/C29H28FN5O4/c1-2-39-29(38)23-7-5-6-22(27(23)30)28(37)31-21-12-10-19(11-13-21)20-14-16-34(17-15-20)26(36)18-35-25-9-4-3-8-24(25)32-33-35/h3-13,20H,2,14-18H2,1H3,(H,31,37). The molecule has 1 saturated heterocycles. The first-order chi connectivity index (χ1) is 18.9. The molecule has 4 aromatic rings. The molecule has 0 spiro atoms. The van der Waals surface area contributed by atoms with Gasteiger partial charge < -0.3 is 15.0 Å². The predicted molar refractivity (Wildman–Crippen MR) is 143 cm³/mol. The number of benzene rings is 3. The van der Waals surface area contributed by atoms with Crippen molar-refractivity contribution < 1.29 is 23.5 Å². The Morgan fingerprint density at radius 3 is 2.44 bits per heavy atom. The van der Waals surface area contributed by atoms with Crippen molar-refractivity contribution in [3.8, 4) is 0 Å². The molecule has 0 aliphatic carbocycles. The SMILES string of the molecule is CCOC(=O)c1cccc(C(=O)Nc2ccc(C3CCN(C(=O)Cn4nnc5ccccc54)CC3)cc2)c1F. The molecule has 0 atom stereocenters. The second-order valence-corrected chi connectivity index (χ2v) is 9.35. The minimum Gasteiger partial charge on any atom is -0.462 e. The van der Waals surface area contributed by atoms with Crippen molar-refractivity contribution in [3.05, 3.63) is 89.2 Å². The van der Waals surface area contributed by atoms with Crippen molar-refractivity contribution in [3.63, 3.8) is 0 Å². The van der Waals surface area contributed by atoms with Gasteiger partial charge in [0.2, 0.25) is 5.91 Å². The molecule has 1 N–H and O–H groups in total. The van der Waals surface area contributed by atoms with Crippen LogP contribution in [-0.4, -0.2) is 57.4 Å². The Kier molecular flexibility index (Phi) is 7.62. The molecule has 10 heteroatoms. The van der Waals surface area contributed by atoms with E-state index in [1.54, 1.807) is 23.7 Å². The number of amides is 2. The lowest BCUT2D eigenvalue weighted by Crippen LogP contribution is -2.39. The van der Waals surface area contributed by atoms with Gasteiger partial charge in [-0.2, -0.15) is 0 Å². The fourth-order valence-electron chi connectivity index (χ4n) is 4.84. The van der Waals surface area contributed by atoms with E-state index >= 15 is 0 Å². The van der Waals surface area contributed by atoms with Gasteiger partial charge in [-0.15, -0.1) is 5.10 Å². The zero-order valence-electron chi connectivity index (χ0n) is 21.5. The summed E-state index contributed by atoms with van der Waals surface area (Å²) in [4.78, 5) is 39.4. The number of hydrogen-bond donors (Lipinski definition) is 1.